The van der Waals surface area contributed by atoms with E-state index < -0.39 is 0 Å². The summed E-state index contributed by atoms with van der Waals surface area (Å²) >= 11 is 1.72. The third-order valence-electron chi connectivity index (χ3n) is 1.15. The summed E-state index contributed by atoms with van der Waals surface area (Å²) in [6.07, 6.45) is 1.74. The molecule has 0 atom stereocenters. The number of rotatable bonds is 3. The van der Waals surface area contributed by atoms with Crippen LogP contribution in [0.2, 0.25) is 0 Å². The lowest BCUT2D eigenvalue weighted by atomic mass is 10.3. The molecule has 1 nitrogen and oxygen atoms in total. The normalized spacial score (nSPS) is 9.89. The highest BCUT2D eigenvalue weighted by atomic mass is 32.1. The maximum Gasteiger partial charge on any atom is 0.0825 e. The van der Waals surface area contributed by atoms with E-state index in [9.17, 15) is 5.11 Å². The molecule has 2 heteroatoms. The molecule has 0 saturated carbocycles. The van der Waals surface area contributed by atoms with E-state index in [4.69, 9.17) is 0 Å². The van der Waals surface area contributed by atoms with Gasteiger partial charge >= 0.3 is 0 Å². The molecule has 1 rings (SSSR count). The molecule has 0 N–H and O–H groups in total. The quantitative estimate of drug-likeness (QED) is 0.614. The second-order valence-electron chi connectivity index (χ2n) is 1.89. The van der Waals surface area contributed by atoms with Crippen molar-refractivity contribution in [2.24, 2.45) is 0 Å². The predicted octanol–water partition coefficient (Wildman–Crippen LogP) is 2.11. The Morgan fingerprint density at radius 1 is 1.56 bits per heavy atom. The Bertz CT molecular complexity index is 146. The fraction of sp³-hybridized carbons (Fsp3) is 0.429. The predicted molar refractivity (Wildman–Crippen MR) is 38.2 cm³/mol. The largest absolute Gasteiger partial charge is 0.237 e. The highest BCUT2D eigenvalue weighted by Gasteiger charge is 1.90. The zero-order chi connectivity index (χ0) is 6.53. The van der Waals surface area contributed by atoms with Crippen molar-refractivity contribution in [3.63, 3.8) is 0 Å². The Hall–Kier alpha value is -0.340. The van der Waals surface area contributed by atoms with Gasteiger partial charge < -0.3 is 0 Å². The van der Waals surface area contributed by atoms with Crippen LogP contribution in [0.3, 0.4) is 0 Å². The van der Waals surface area contributed by atoms with Crippen LogP contribution in [-0.4, -0.2) is 6.61 Å². The van der Waals surface area contributed by atoms with Crippen molar-refractivity contribution in [2.45, 2.75) is 12.8 Å². The molecule has 0 bridgehead atoms. The summed E-state index contributed by atoms with van der Waals surface area (Å²) in [6.45, 7) is 0.0535. The van der Waals surface area contributed by atoms with E-state index in [1.54, 1.807) is 11.3 Å². The van der Waals surface area contributed by atoms with Crippen molar-refractivity contribution in [1.29, 1.82) is 0 Å². The molecule has 1 radical (unpaired) electrons. The Morgan fingerprint density at radius 3 is 3.00 bits per heavy atom. The number of thiophene rings is 1. The van der Waals surface area contributed by atoms with Gasteiger partial charge in [-0.3, -0.25) is 0 Å². The van der Waals surface area contributed by atoms with E-state index in [0.29, 0.717) is 0 Å². The Morgan fingerprint density at radius 2 is 2.44 bits per heavy atom. The van der Waals surface area contributed by atoms with Crippen LogP contribution < -0.4 is 0 Å². The van der Waals surface area contributed by atoms with Crippen LogP contribution in [0.15, 0.2) is 17.5 Å². The molecule has 1 aromatic rings. The van der Waals surface area contributed by atoms with Gasteiger partial charge in [0.15, 0.2) is 0 Å². The number of hydrogen-bond donors (Lipinski definition) is 0. The lowest BCUT2D eigenvalue weighted by Crippen LogP contribution is -1.83. The van der Waals surface area contributed by atoms with Crippen molar-refractivity contribution in [1.82, 2.24) is 0 Å². The van der Waals surface area contributed by atoms with Crippen molar-refractivity contribution < 1.29 is 5.11 Å². The summed E-state index contributed by atoms with van der Waals surface area (Å²) in [5, 5.41) is 12.1. The van der Waals surface area contributed by atoms with E-state index in [0.717, 1.165) is 12.8 Å². The van der Waals surface area contributed by atoms with E-state index in [-0.39, 0.29) is 6.61 Å². The fourth-order valence-electron chi connectivity index (χ4n) is 0.701. The van der Waals surface area contributed by atoms with Crippen LogP contribution in [0.5, 0.6) is 0 Å². The lowest BCUT2D eigenvalue weighted by Gasteiger charge is -1.88. The second-order valence-corrected chi connectivity index (χ2v) is 2.92. The molecule has 0 aliphatic carbocycles. The minimum atomic E-state index is 0.0535. The molecule has 0 unspecified atom stereocenters. The molecule has 0 saturated heterocycles. The van der Waals surface area contributed by atoms with Gasteiger partial charge in [0.25, 0.3) is 0 Å². The monoisotopic (exact) mass is 141 g/mol. The zero-order valence-corrected chi connectivity index (χ0v) is 5.99. The van der Waals surface area contributed by atoms with Crippen LogP contribution in [0.1, 0.15) is 11.3 Å². The molecule has 1 heterocycles. The van der Waals surface area contributed by atoms with Crippen LogP contribution >= 0.6 is 11.3 Å². The van der Waals surface area contributed by atoms with Crippen molar-refractivity contribution >= 4 is 11.3 Å². The average molecular weight is 141 g/mol. The zero-order valence-electron chi connectivity index (χ0n) is 5.17. The smallest absolute Gasteiger partial charge is 0.0825 e. The molecular weight excluding hydrogens is 132 g/mol. The molecular formula is C7H9OS. The van der Waals surface area contributed by atoms with Gasteiger partial charge in [0.1, 0.15) is 0 Å². The van der Waals surface area contributed by atoms with Crippen LogP contribution in [0, 0.1) is 0 Å². The summed E-state index contributed by atoms with van der Waals surface area (Å²) < 4.78 is 0. The Balaban J connectivity index is 2.30. The second kappa shape index (κ2) is 3.64. The SMILES string of the molecule is [O]CCCc1cccs1. The summed E-state index contributed by atoms with van der Waals surface area (Å²) in [5.41, 5.74) is 0. The van der Waals surface area contributed by atoms with Crippen molar-refractivity contribution in [3.05, 3.63) is 22.4 Å². The topological polar surface area (TPSA) is 19.9 Å². The molecule has 0 aromatic carbocycles. The summed E-state index contributed by atoms with van der Waals surface area (Å²) in [6, 6.07) is 4.09. The Labute approximate surface area is 59.0 Å². The van der Waals surface area contributed by atoms with Gasteiger partial charge in [-0.25, -0.2) is 5.11 Å². The van der Waals surface area contributed by atoms with Crippen LogP contribution in [-0.2, 0) is 11.5 Å². The first kappa shape index (κ1) is 6.78. The summed E-state index contributed by atoms with van der Waals surface area (Å²) in [4.78, 5) is 1.32. The first-order valence-corrected chi connectivity index (χ1v) is 3.92. The van der Waals surface area contributed by atoms with Crippen molar-refractivity contribution in [3.8, 4) is 0 Å². The third kappa shape index (κ3) is 2.16. The molecule has 0 aliphatic heterocycles. The summed E-state index contributed by atoms with van der Waals surface area (Å²) in [7, 11) is 0. The molecule has 0 aliphatic rings. The molecule has 49 valence electrons. The first-order valence-electron chi connectivity index (χ1n) is 3.04. The van der Waals surface area contributed by atoms with E-state index in [1.165, 1.54) is 4.88 Å². The van der Waals surface area contributed by atoms with Gasteiger partial charge in [-0.1, -0.05) is 6.07 Å². The molecule has 0 fully saturated rings. The number of aryl methyl sites for hydroxylation is 1. The van der Waals surface area contributed by atoms with Gasteiger partial charge in [-0.05, 0) is 24.3 Å². The molecule has 0 amide bonds. The summed E-state index contributed by atoms with van der Waals surface area (Å²) in [5.74, 6) is 0. The van der Waals surface area contributed by atoms with Gasteiger partial charge in [0.05, 0.1) is 6.61 Å². The highest BCUT2D eigenvalue weighted by Crippen LogP contribution is 2.09. The number of hydrogen-bond acceptors (Lipinski definition) is 1. The molecule has 0 spiro atoms. The van der Waals surface area contributed by atoms with Crippen molar-refractivity contribution in [2.75, 3.05) is 6.61 Å². The maximum atomic E-state index is 10.0. The minimum absolute atomic E-state index is 0.0535. The average Bonchev–Trinajstić information content (AvgIpc) is 2.34. The third-order valence-corrected chi connectivity index (χ3v) is 2.08. The fourth-order valence-corrected chi connectivity index (χ4v) is 1.45. The van der Waals surface area contributed by atoms with E-state index in [2.05, 4.69) is 6.07 Å². The lowest BCUT2D eigenvalue weighted by molar-refractivity contribution is 0.189. The minimum Gasteiger partial charge on any atom is -0.237 e. The molecule has 9 heavy (non-hydrogen) atoms. The van der Waals surface area contributed by atoms with E-state index in [1.807, 2.05) is 11.4 Å². The molecule has 1 aromatic heterocycles. The standard InChI is InChI=1S/C7H9OS/c8-5-1-3-7-4-2-6-9-7/h2,4,6H,1,3,5H2. The van der Waals surface area contributed by atoms with E-state index >= 15 is 0 Å². The van der Waals surface area contributed by atoms with Gasteiger partial charge in [0, 0.05) is 4.88 Å². The first-order chi connectivity index (χ1) is 4.43. The van der Waals surface area contributed by atoms with Crippen LogP contribution in [0.4, 0.5) is 0 Å². The van der Waals surface area contributed by atoms with Gasteiger partial charge in [-0.2, -0.15) is 0 Å². The van der Waals surface area contributed by atoms with Gasteiger partial charge in [-0.15, -0.1) is 11.3 Å². The highest BCUT2D eigenvalue weighted by molar-refractivity contribution is 7.09. The Kier molecular flexibility index (Phi) is 2.74. The maximum absolute atomic E-state index is 10.0. The van der Waals surface area contributed by atoms with Gasteiger partial charge in [0.2, 0.25) is 0 Å². The van der Waals surface area contributed by atoms with Crippen LogP contribution in [0.25, 0.3) is 0 Å².